The van der Waals surface area contributed by atoms with E-state index in [0.29, 0.717) is 33.9 Å². The van der Waals surface area contributed by atoms with Crippen LogP contribution in [0, 0.1) is 0 Å². The van der Waals surface area contributed by atoms with Gasteiger partial charge in [-0.2, -0.15) is 0 Å². The molecule has 0 N–H and O–H groups in total. The highest BCUT2D eigenvalue weighted by Crippen LogP contribution is 2.56. The summed E-state index contributed by atoms with van der Waals surface area (Å²) < 4.78 is 33.3. The Morgan fingerprint density at radius 3 is 2.30 bits per heavy atom. The SMILES string of the molecule is COCOCC[C@@]1([C@@H](C(=O)OC)c2ccccc2COc2ccc(OC)cc2)C(=O)N(C)c2cccc(OC(=O)N(C)C)c21. The summed E-state index contributed by atoms with van der Waals surface area (Å²) in [5.74, 6) is -0.733. The fourth-order valence-electron chi connectivity index (χ4n) is 5.54. The van der Waals surface area contributed by atoms with Crippen LogP contribution in [0.3, 0.4) is 0 Å². The Hall–Kier alpha value is -4.61. The normalized spacial score (nSPS) is 16.2. The lowest BCUT2D eigenvalue weighted by molar-refractivity contribution is -0.147. The Morgan fingerprint density at radius 2 is 1.64 bits per heavy atom. The van der Waals surface area contributed by atoms with Crippen molar-refractivity contribution in [3.05, 3.63) is 83.4 Å². The molecule has 2 amide bonds. The van der Waals surface area contributed by atoms with E-state index in [1.807, 2.05) is 12.1 Å². The number of nitrogens with zero attached hydrogens (tertiary/aromatic N) is 2. The maximum Gasteiger partial charge on any atom is 0.414 e. The van der Waals surface area contributed by atoms with Crippen LogP contribution < -0.4 is 19.1 Å². The van der Waals surface area contributed by atoms with Crippen molar-refractivity contribution in [2.45, 2.75) is 24.4 Å². The van der Waals surface area contributed by atoms with Crippen LogP contribution in [0.4, 0.5) is 10.5 Å². The number of hydrogen-bond acceptors (Lipinski definition) is 9. The van der Waals surface area contributed by atoms with Gasteiger partial charge < -0.3 is 38.2 Å². The summed E-state index contributed by atoms with van der Waals surface area (Å²) in [5, 5.41) is 0. The maximum atomic E-state index is 14.5. The van der Waals surface area contributed by atoms with Crippen LogP contribution in [0.25, 0.3) is 0 Å². The Labute approximate surface area is 257 Å². The van der Waals surface area contributed by atoms with Crippen LogP contribution in [0.15, 0.2) is 66.7 Å². The zero-order chi connectivity index (χ0) is 31.9. The molecule has 0 aliphatic carbocycles. The van der Waals surface area contributed by atoms with Gasteiger partial charge in [0.25, 0.3) is 0 Å². The molecule has 4 rings (SSSR count). The average molecular weight is 607 g/mol. The fraction of sp³-hybridized carbons (Fsp3) is 0.364. The molecule has 0 saturated heterocycles. The van der Waals surface area contributed by atoms with E-state index in [-0.39, 0.29) is 38.1 Å². The minimum absolute atomic E-state index is 0.0145. The lowest BCUT2D eigenvalue weighted by atomic mass is 9.65. The highest BCUT2D eigenvalue weighted by Gasteiger charge is 2.60. The van der Waals surface area contributed by atoms with Crippen molar-refractivity contribution in [3.63, 3.8) is 0 Å². The molecule has 0 saturated carbocycles. The van der Waals surface area contributed by atoms with Crippen LogP contribution in [0.1, 0.15) is 29.0 Å². The van der Waals surface area contributed by atoms with E-state index in [2.05, 4.69) is 0 Å². The number of esters is 1. The minimum atomic E-state index is -1.58. The summed E-state index contributed by atoms with van der Waals surface area (Å²) in [6.45, 7) is 0.140. The summed E-state index contributed by atoms with van der Waals surface area (Å²) in [6.07, 6.45) is -0.580. The van der Waals surface area contributed by atoms with E-state index < -0.39 is 23.4 Å². The molecule has 1 heterocycles. The van der Waals surface area contributed by atoms with Gasteiger partial charge in [-0.15, -0.1) is 0 Å². The number of methoxy groups -OCH3 is 3. The van der Waals surface area contributed by atoms with Gasteiger partial charge in [0.15, 0.2) is 0 Å². The first kappa shape index (κ1) is 32.3. The van der Waals surface area contributed by atoms with Gasteiger partial charge in [-0.3, -0.25) is 9.59 Å². The molecular formula is C33H38N2O9. The van der Waals surface area contributed by atoms with Gasteiger partial charge in [0.2, 0.25) is 5.91 Å². The first-order chi connectivity index (χ1) is 21.2. The smallest absolute Gasteiger partial charge is 0.414 e. The van der Waals surface area contributed by atoms with Crippen molar-refractivity contribution in [2.75, 3.05) is 60.8 Å². The van der Waals surface area contributed by atoms with Crippen LogP contribution >= 0.6 is 0 Å². The van der Waals surface area contributed by atoms with Crippen molar-refractivity contribution in [2.24, 2.45) is 0 Å². The first-order valence-electron chi connectivity index (χ1n) is 14.0. The molecule has 2 atom stereocenters. The molecular weight excluding hydrogens is 568 g/mol. The third-order valence-electron chi connectivity index (χ3n) is 7.65. The summed E-state index contributed by atoms with van der Waals surface area (Å²) in [6, 6.07) is 19.5. The third kappa shape index (κ3) is 6.34. The molecule has 234 valence electrons. The summed E-state index contributed by atoms with van der Waals surface area (Å²) in [5.41, 5.74) is 0.520. The zero-order valence-electron chi connectivity index (χ0n) is 25.8. The molecule has 1 aliphatic heterocycles. The van der Waals surface area contributed by atoms with Crippen LogP contribution in [0.2, 0.25) is 0 Å². The molecule has 3 aromatic rings. The van der Waals surface area contributed by atoms with Crippen LogP contribution in [-0.2, 0) is 35.8 Å². The van der Waals surface area contributed by atoms with Gasteiger partial charge >= 0.3 is 12.1 Å². The Kier molecular flexibility index (Phi) is 10.5. The minimum Gasteiger partial charge on any atom is -0.497 e. The van der Waals surface area contributed by atoms with Crippen molar-refractivity contribution in [1.82, 2.24) is 4.90 Å². The standard InChI is InChI=1S/C33H38N2O9/c1-34(2)32(38)44-27-13-9-12-26-29(27)33(31(37)35(26)3,18-19-42-21-39-4)28(30(36)41-6)25-11-8-7-10-22(25)20-43-24-16-14-23(40-5)15-17-24/h7-17,28H,18-21H2,1-6H3/t28-,33+/m1/s1. The molecule has 1 aliphatic rings. The molecule has 11 heteroatoms. The van der Waals surface area contributed by atoms with E-state index in [1.54, 1.807) is 82.9 Å². The molecule has 0 aromatic heterocycles. The second-order valence-corrected chi connectivity index (χ2v) is 10.4. The number of likely N-dealkylation sites (N-methyl/N-ethyl adjacent to an activating group) is 1. The molecule has 0 spiro atoms. The van der Waals surface area contributed by atoms with Gasteiger partial charge in [0.1, 0.15) is 36.6 Å². The maximum absolute atomic E-state index is 14.5. The number of amides is 2. The summed E-state index contributed by atoms with van der Waals surface area (Å²) in [4.78, 5) is 44.0. The Morgan fingerprint density at radius 1 is 0.932 bits per heavy atom. The second kappa shape index (κ2) is 14.2. The lowest BCUT2D eigenvalue weighted by Gasteiger charge is -2.36. The summed E-state index contributed by atoms with van der Waals surface area (Å²) >= 11 is 0. The highest BCUT2D eigenvalue weighted by atomic mass is 16.7. The van der Waals surface area contributed by atoms with Crippen LogP contribution in [0.5, 0.6) is 17.2 Å². The van der Waals surface area contributed by atoms with E-state index in [9.17, 15) is 14.4 Å². The zero-order valence-corrected chi connectivity index (χ0v) is 25.8. The number of hydrogen-bond donors (Lipinski definition) is 0. The van der Waals surface area contributed by atoms with Crippen molar-refractivity contribution in [3.8, 4) is 17.2 Å². The molecule has 3 aromatic carbocycles. The molecule has 0 fully saturated rings. The predicted octanol–water partition coefficient (Wildman–Crippen LogP) is 4.52. The molecule has 11 nitrogen and oxygen atoms in total. The number of fused-ring (bicyclic) bond motifs is 1. The lowest BCUT2D eigenvalue weighted by Crippen LogP contribution is -2.48. The quantitative estimate of drug-likeness (QED) is 0.158. The second-order valence-electron chi connectivity index (χ2n) is 10.4. The van der Waals surface area contributed by atoms with E-state index in [0.717, 1.165) is 0 Å². The largest absolute Gasteiger partial charge is 0.497 e. The van der Waals surface area contributed by atoms with Gasteiger partial charge in [-0.05, 0) is 53.9 Å². The van der Waals surface area contributed by atoms with E-state index >= 15 is 0 Å². The monoisotopic (exact) mass is 606 g/mol. The van der Waals surface area contributed by atoms with Gasteiger partial charge in [-0.25, -0.2) is 4.79 Å². The van der Waals surface area contributed by atoms with Crippen molar-refractivity contribution >= 4 is 23.7 Å². The number of rotatable bonds is 13. The Bertz CT molecular complexity index is 1470. The number of ether oxygens (including phenoxy) is 6. The van der Waals surface area contributed by atoms with Gasteiger partial charge in [0.05, 0.1) is 31.9 Å². The molecule has 0 bridgehead atoms. The van der Waals surface area contributed by atoms with E-state index in [4.69, 9.17) is 28.4 Å². The topological polar surface area (TPSA) is 113 Å². The number of benzene rings is 3. The molecule has 0 unspecified atom stereocenters. The average Bonchev–Trinajstić information content (AvgIpc) is 3.25. The number of carbonyl (C=O) groups excluding carboxylic acids is 3. The van der Waals surface area contributed by atoms with Gasteiger partial charge in [-0.1, -0.05) is 30.3 Å². The first-order valence-corrected chi connectivity index (χ1v) is 14.0. The van der Waals surface area contributed by atoms with Crippen molar-refractivity contribution < 1.29 is 42.8 Å². The fourth-order valence-corrected chi connectivity index (χ4v) is 5.54. The van der Waals surface area contributed by atoms with Crippen molar-refractivity contribution in [1.29, 1.82) is 0 Å². The number of carbonyl (C=O) groups is 3. The molecule has 0 radical (unpaired) electrons. The molecule has 44 heavy (non-hydrogen) atoms. The number of anilines is 1. The Balaban J connectivity index is 1.90. The van der Waals surface area contributed by atoms with E-state index in [1.165, 1.54) is 24.0 Å². The highest BCUT2D eigenvalue weighted by molar-refractivity contribution is 6.12. The third-order valence-corrected chi connectivity index (χ3v) is 7.65. The van der Waals surface area contributed by atoms with Gasteiger partial charge in [0, 0.05) is 33.8 Å². The van der Waals surface area contributed by atoms with Crippen LogP contribution in [-0.4, -0.2) is 78.7 Å². The summed E-state index contributed by atoms with van der Waals surface area (Å²) in [7, 11) is 9.11. The predicted molar refractivity (Wildman–Crippen MR) is 162 cm³/mol.